The lowest BCUT2D eigenvalue weighted by molar-refractivity contribution is -0.130. The van der Waals surface area contributed by atoms with Crippen LogP contribution in [0.3, 0.4) is 0 Å². The van der Waals surface area contributed by atoms with Crippen molar-refractivity contribution in [3.63, 3.8) is 0 Å². The summed E-state index contributed by atoms with van der Waals surface area (Å²) in [6, 6.07) is 15.2. The molecule has 1 heterocycles. The fraction of sp³-hybridized carbons (Fsp3) is 0.211. The number of aryl methyl sites for hydroxylation is 1. The molecule has 0 aliphatic rings. The highest BCUT2D eigenvalue weighted by atomic mass is 16.5. The van der Waals surface area contributed by atoms with E-state index in [4.69, 9.17) is 9.26 Å². The Kier molecular flexibility index (Phi) is 4.79. The summed E-state index contributed by atoms with van der Waals surface area (Å²) in [6.07, 6.45) is 0. The van der Waals surface area contributed by atoms with Gasteiger partial charge in [0.15, 0.2) is 6.61 Å². The summed E-state index contributed by atoms with van der Waals surface area (Å²) >= 11 is 0. The smallest absolute Gasteiger partial charge is 0.262 e. The molecule has 0 saturated heterocycles. The van der Waals surface area contributed by atoms with Crippen LogP contribution in [0.4, 0.5) is 0 Å². The van der Waals surface area contributed by atoms with Gasteiger partial charge in [0.1, 0.15) is 5.75 Å². The van der Waals surface area contributed by atoms with E-state index in [1.165, 1.54) is 4.90 Å². The molecule has 0 unspecified atom stereocenters. The van der Waals surface area contributed by atoms with Crippen molar-refractivity contribution in [3.05, 3.63) is 54.1 Å². The van der Waals surface area contributed by atoms with E-state index in [0.717, 1.165) is 11.1 Å². The maximum atomic E-state index is 11.7. The second-order valence-corrected chi connectivity index (χ2v) is 5.87. The Labute approximate surface area is 146 Å². The van der Waals surface area contributed by atoms with Crippen molar-refractivity contribution in [3.8, 4) is 28.6 Å². The summed E-state index contributed by atoms with van der Waals surface area (Å²) in [7, 11) is 3.37. The minimum absolute atomic E-state index is 0.0527. The first-order chi connectivity index (χ1) is 12.0. The van der Waals surface area contributed by atoms with E-state index in [1.54, 1.807) is 20.2 Å². The third-order valence-electron chi connectivity index (χ3n) is 3.67. The number of rotatable bonds is 5. The maximum Gasteiger partial charge on any atom is 0.262 e. The molecule has 1 aromatic heterocycles. The van der Waals surface area contributed by atoms with E-state index in [0.29, 0.717) is 23.0 Å². The normalized spacial score (nSPS) is 10.5. The highest BCUT2D eigenvalue weighted by Gasteiger charge is 2.16. The monoisotopic (exact) mass is 337 g/mol. The van der Waals surface area contributed by atoms with E-state index < -0.39 is 0 Å². The Balaban J connectivity index is 1.86. The summed E-state index contributed by atoms with van der Waals surface area (Å²) in [6.45, 7) is 1.96. The van der Waals surface area contributed by atoms with Gasteiger partial charge in [-0.25, -0.2) is 0 Å². The first-order valence-corrected chi connectivity index (χ1v) is 7.87. The van der Waals surface area contributed by atoms with Gasteiger partial charge < -0.3 is 14.2 Å². The molecule has 0 aliphatic heterocycles. The predicted octanol–water partition coefficient (Wildman–Crippen LogP) is 3.18. The number of carbonyl (C=O) groups excluding carboxylic acids is 1. The van der Waals surface area contributed by atoms with E-state index in [9.17, 15) is 4.79 Å². The molecule has 6 heteroatoms. The highest BCUT2D eigenvalue weighted by Crippen LogP contribution is 2.30. The van der Waals surface area contributed by atoms with Crippen molar-refractivity contribution in [1.82, 2.24) is 15.0 Å². The van der Waals surface area contributed by atoms with Crippen LogP contribution < -0.4 is 4.74 Å². The van der Waals surface area contributed by atoms with Crippen LogP contribution in [0.25, 0.3) is 22.8 Å². The quantitative estimate of drug-likeness (QED) is 0.715. The number of benzene rings is 2. The fourth-order valence-electron chi connectivity index (χ4n) is 2.27. The summed E-state index contributed by atoms with van der Waals surface area (Å²) in [5, 5.41) is 4.05. The van der Waals surface area contributed by atoms with Crippen molar-refractivity contribution in [2.24, 2.45) is 0 Å². The van der Waals surface area contributed by atoms with Gasteiger partial charge >= 0.3 is 0 Å². The van der Waals surface area contributed by atoms with Gasteiger partial charge in [0, 0.05) is 19.7 Å². The first kappa shape index (κ1) is 16.7. The van der Waals surface area contributed by atoms with Crippen molar-refractivity contribution < 1.29 is 14.1 Å². The third-order valence-corrected chi connectivity index (χ3v) is 3.67. The second-order valence-electron chi connectivity index (χ2n) is 5.87. The Hall–Kier alpha value is -3.15. The van der Waals surface area contributed by atoms with E-state index in [2.05, 4.69) is 10.1 Å². The molecule has 1 amide bonds. The van der Waals surface area contributed by atoms with Gasteiger partial charge in [-0.05, 0) is 25.1 Å². The van der Waals surface area contributed by atoms with Gasteiger partial charge in [-0.3, -0.25) is 4.79 Å². The zero-order valence-corrected chi connectivity index (χ0v) is 14.4. The van der Waals surface area contributed by atoms with E-state index in [-0.39, 0.29) is 12.5 Å². The molecule has 6 nitrogen and oxygen atoms in total. The van der Waals surface area contributed by atoms with Gasteiger partial charge in [-0.15, -0.1) is 0 Å². The number of hydrogen-bond donors (Lipinski definition) is 0. The van der Waals surface area contributed by atoms with Crippen molar-refractivity contribution in [2.75, 3.05) is 20.7 Å². The molecule has 2 aromatic carbocycles. The molecular formula is C19H19N3O3. The molecule has 0 saturated carbocycles. The number of amides is 1. The van der Waals surface area contributed by atoms with E-state index in [1.807, 2.05) is 49.4 Å². The number of ether oxygens (including phenoxy) is 1. The fourth-order valence-corrected chi connectivity index (χ4v) is 2.27. The Morgan fingerprint density at radius 2 is 1.96 bits per heavy atom. The van der Waals surface area contributed by atoms with Crippen molar-refractivity contribution >= 4 is 5.91 Å². The molecule has 3 rings (SSSR count). The number of nitrogens with zero attached hydrogens (tertiary/aromatic N) is 3. The van der Waals surface area contributed by atoms with Crippen LogP contribution in [0.2, 0.25) is 0 Å². The molecule has 0 N–H and O–H groups in total. The number of hydrogen-bond acceptors (Lipinski definition) is 5. The van der Waals surface area contributed by atoms with Crippen LogP contribution >= 0.6 is 0 Å². The van der Waals surface area contributed by atoms with Crippen molar-refractivity contribution in [1.29, 1.82) is 0 Å². The standard InChI is InChI=1S/C19H19N3O3/c1-13-7-6-8-14(11-13)18-20-19(25-21-18)15-9-4-5-10-16(15)24-12-17(23)22(2)3/h4-11H,12H2,1-3H3. The zero-order valence-electron chi connectivity index (χ0n) is 14.4. The summed E-state index contributed by atoms with van der Waals surface area (Å²) in [4.78, 5) is 17.7. The van der Waals surface area contributed by atoms with Gasteiger partial charge in [0.25, 0.3) is 11.8 Å². The number of aromatic nitrogens is 2. The van der Waals surface area contributed by atoms with Crippen LogP contribution in [-0.2, 0) is 4.79 Å². The molecule has 3 aromatic rings. The molecule has 0 spiro atoms. The lowest BCUT2D eigenvalue weighted by atomic mass is 10.1. The van der Waals surface area contributed by atoms with Crippen LogP contribution in [-0.4, -0.2) is 41.6 Å². The minimum atomic E-state index is -0.124. The highest BCUT2D eigenvalue weighted by molar-refractivity contribution is 5.77. The second kappa shape index (κ2) is 7.17. The average molecular weight is 337 g/mol. The van der Waals surface area contributed by atoms with Crippen LogP contribution in [0.15, 0.2) is 53.1 Å². The van der Waals surface area contributed by atoms with Gasteiger partial charge in [-0.1, -0.05) is 41.1 Å². The topological polar surface area (TPSA) is 68.5 Å². The SMILES string of the molecule is Cc1cccc(-c2noc(-c3ccccc3OCC(=O)N(C)C)n2)c1. The number of para-hydroxylation sites is 1. The molecule has 0 aliphatic carbocycles. The van der Waals surface area contributed by atoms with Gasteiger partial charge in [0.05, 0.1) is 5.56 Å². The summed E-state index contributed by atoms with van der Waals surface area (Å²) < 4.78 is 11.0. The largest absolute Gasteiger partial charge is 0.483 e. The molecule has 0 bridgehead atoms. The first-order valence-electron chi connectivity index (χ1n) is 7.87. The predicted molar refractivity (Wildman–Crippen MR) is 94.1 cm³/mol. The average Bonchev–Trinajstić information content (AvgIpc) is 3.09. The Morgan fingerprint density at radius 1 is 1.16 bits per heavy atom. The molecule has 128 valence electrons. The lowest BCUT2D eigenvalue weighted by Gasteiger charge is -2.12. The molecule has 25 heavy (non-hydrogen) atoms. The summed E-state index contributed by atoms with van der Waals surface area (Å²) in [5.74, 6) is 1.26. The number of carbonyl (C=O) groups is 1. The van der Waals surface area contributed by atoms with Gasteiger partial charge in [-0.2, -0.15) is 4.98 Å². The maximum absolute atomic E-state index is 11.7. The van der Waals surface area contributed by atoms with Crippen LogP contribution in [0.5, 0.6) is 5.75 Å². The Morgan fingerprint density at radius 3 is 2.72 bits per heavy atom. The lowest BCUT2D eigenvalue weighted by Crippen LogP contribution is -2.27. The Bertz CT molecular complexity index is 887. The molecule has 0 radical (unpaired) electrons. The van der Waals surface area contributed by atoms with Crippen molar-refractivity contribution in [2.45, 2.75) is 6.92 Å². The summed E-state index contributed by atoms with van der Waals surface area (Å²) in [5.41, 5.74) is 2.66. The molecular weight excluding hydrogens is 318 g/mol. The zero-order chi connectivity index (χ0) is 17.8. The molecule has 0 atom stereocenters. The van der Waals surface area contributed by atoms with Crippen LogP contribution in [0, 0.1) is 6.92 Å². The minimum Gasteiger partial charge on any atom is -0.483 e. The van der Waals surface area contributed by atoms with Crippen LogP contribution in [0.1, 0.15) is 5.56 Å². The third kappa shape index (κ3) is 3.85. The number of likely N-dealkylation sites (N-methyl/N-ethyl adjacent to an activating group) is 1. The van der Waals surface area contributed by atoms with E-state index >= 15 is 0 Å². The molecule has 0 fully saturated rings. The van der Waals surface area contributed by atoms with Gasteiger partial charge in [0.2, 0.25) is 5.82 Å².